The van der Waals surface area contributed by atoms with Gasteiger partial charge in [0.15, 0.2) is 0 Å². The normalized spacial score (nSPS) is 16.2. The first-order valence-electron chi connectivity index (χ1n) is 8.05. The van der Waals surface area contributed by atoms with Crippen molar-refractivity contribution in [2.75, 3.05) is 0 Å². The zero-order chi connectivity index (χ0) is 14.7. The van der Waals surface area contributed by atoms with Gasteiger partial charge in [0, 0.05) is 23.5 Å². The molecular formula is C17H23N3O. The van der Waals surface area contributed by atoms with Crippen LogP contribution in [0.3, 0.4) is 0 Å². The summed E-state index contributed by atoms with van der Waals surface area (Å²) in [5.74, 6) is 0. The highest BCUT2D eigenvalue weighted by Gasteiger charge is 2.22. The van der Waals surface area contributed by atoms with Crippen molar-refractivity contribution in [2.45, 2.75) is 57.9 Å². The van der Waals surface area contributed by atoms with E-state index in [9.17, 15) is 4.79 Å². The van der Waals surface area contributed by atoms with Gasteiger partial charge in [0.25, 0.3) is 5.56 Å². The molecule has 1 fully saturated rings. The Bertz CT molecular complexity index is 636. The number of aromatic amines is 1. The van der Waals surface area contributed by atoms with Gasteiger partial charge in [0.2, 0.25) is 0 Å². The first kappa shape index (κ1) is 14.1. The van der Waals surface area contributed by atoms with Crippen molar-refractivity contribution in [2.24, 2.45) is 0 Å². The van der Waals surface area contributed by atoms with E-state index in [1.807, 2.05) is 23.0 Å². The Labute approximate surface area is 125 Å². The van der Waals surface area contributed by atoms with E-state index in [2.05, 4.69) is 17.0 Å². The molecule has 1 aliphatic carbocycles. The van der Waals surface area contributed by atoms with Crippen molar-refractivity contribution in [3.05, 3.63) is 40.4 Å². The third-order valence-electron chi connectivity index (χ3n) is 4.40. The van der Waals surface area contributed by atoms with Crippen LogP contribution in [-0.2, 0) is 6.42 Å². The summed E-state index contributed by atoms with van der Waals surface area (Å²) < 4.78 is 1.88. The summed E-state index contributed by atoms with van der Waals surface area (Å²) in [5, 5.41) is 3.39. The molecule has 0 aliphatic heterocycles. The predicted molar refractivity (Wildman–Crippen MR) is 84.4 cm³/mol. The van der Waals surface area contributed by atoms with Crippen LogP contribution in [0, 0.1) is 0 Å². The Kier molecular flexibility index (Phi) is 4.23. The molecule has 0 atom stereocenters. The second-order valence-electron chi connectivity index (χ2n) is 5.92. The smallest absolute Gasteiger partial charge is 0.270 e. The zero-order valence-electron chi connectivity index (χ0n) is 12.6. The van der Waals surface area contributed by atoms with Crippen molar-refractivity contribution in [1.29, 1.82) is 0 Å². The lowest BCUT2D eigenvalue weighted by molar-refractivity contribution is 0.323. The summed E-state index contributed by atoms with van der Waals surface area (Å²) in [5.41, 5.74) is 3.05. The molecule has 2 aromatic rings. The van der Waals surface area contributed by atoms with E-state index in [1.54, 1.807) is 6.20 Å². The van der Waals surface area contributed by atoms with E-state index >= 15 is 0 Å². The lowest BCUT2D eigenvalue weighted by Crippen LogP contribution is -2.25. The second kappa shape index (κ2) is 6.29. The number of hydrogen-bond acceptors (Lipinski definition) is 2. The molecule has 0 amide bonds. The molecule has 2 heterocycles. The fourth-order valence-electron chi connectivity index (χ4n) is 3.32. The molecule has 4 nitrogen and oxygen atoms in total. The third-order valence-corrected chi connectivity index (χ3v) is 4.40. The van der Waals surface area contributed by atoms with E-state index in [-0.39, 0.29) is 5.56 Å². The molecule has 0 radical (unpaired) electrons. The number of rotatable bonds is 4. The van der Waals surface area contributed by atoms with Crippen LogP contribution in [0.1, 0.15) is 57.1 Å². The highest BCUT2D eigenvalue weighted by Crippen LogP contribution is 2.28. The Morgan fingerprint density at radius 3 is 2.81 bits per heavy atom. The standard InChI is InChI=1S/C17H23N3O/c1-2-7-15-16(13-8-6-11-18-12-13)19-20(17(15)21)14-9-4-3-5-10-14/h6,8,11-12,14,19H,2-5,7,9-10H2,1H3. The number of H-pyrrole nitrogens is 1. The van der Waals surface area contributed by atoms with E-state index < -0.39 is 0 Å². The van der Waals surface area contributed by atoms with Gasteiger partial charge in [0.1, 0.15) is 0 Å². The van der Waals surface area contributed by atoms with Crippen LogP contribution in [0.2, 0.25) is 0 Å². The summed E-state index contributed by atoms with van der Waals surface area (Å²) in [6.45, 7) is 2.12. The summed E-state index contributed by atoms with van der Waals surface area (Å²) in [4.78, 5) is 16.9. The lowest BCUT2D eigenvalue weighted by atomic mass is 9.96. The maximum absolute atomic E-state index is 12.8. The maximum Gasteiger partial charge on any atom is 0.270 e. The largest absolute Gasteiger partial charge is 0.294 e. The van der Waals surface area contributed by atoms with E-state index in [4.69, 9.17) is 0 Å². The maximum atomic E-state index is 12.8. The topological polar surface area (TPSA) is 50.7 Å². The minimum Gasteiger partial charge on any atom is -0.294 e. The molecule has 21 heavy (non-hydrogen) atoms. The van der Waals surface area contributed by atoms with Crippen LogP contribution >= 0.6 is 0 Å². The fraction of sp³-hybridized carbons (Fsp3) is 0.529. The van der Waals surface area contributed by atoms with Crippen LogP contribution in [-0.4, -0.2) is 14.8 Å². The van der Waals surface area contributed by atoms with Gasteiger partial charge in [-0.1, -0.05) is 32.6 Å². The molecule has 0 spiro atoms. The molecule has 0 aromatic carbocycles. The number of aromatic nitrogens is 3. The molecule has 0 bridgehead atoms. The van der Waals surface area contributed by atoms with Gasteiger partial charge < -0.3 is 0 Å². The first-order valence-corrected chi connectivity index (χ1v) is 8.05. The average Bonchev–Trinajstić information content (AvgIpc) is 2.87. The van der Waals surface area contributed by atoms with Gasteiger partial charge in [-0.15, -0.1) is 0 Å². The molecule has 0 saturated heterocycles. The number of nitrogens with zero attached hydrogens (tertiary/aromatic N) is 2. The Morgan fingerprint density at radius 2 is 2.14 bits per heavy atom. The monoisotopic (exact) mass is 285 g/mol. The highest BCUT2D eigenvalue weighted by molar-refractivity contribution is 5.61. The SMILES string of the molecule is CCCc1c(-c2cccnc2)[nH]n(C2CCCCC2)c1=O. The predicted octanol–water partition coefficient (Wildman–Crippen LogP) is 3.70. The number of nitrogens with one attached hydrogen (secondary N) is 1. The summed E-state index contributed by atoms with van der Waals surface area (Å²) in [6, 6.07) is 4.27. The van der Waals surface area contributed by atoms with Crippen molar-refractivity contribution in [3.63, 3.8) is 0 Å². The lowest BCUT2D eigenvalue weighted by Gasteiger charge is -2.22. The van der Waals surface area contributed by atoms with Gasteiger partial charge in [0.05, 0.1) is 11.7 Å². The van der Waals surface area contributed by atoms with Gasteiger partial charge in [-0.3, -0.25) is 14.9 Å². The Balaban J connectivity index is 2.05. The molecule has 2 aromatic heterocycles. The van der Waals surface area contributed by atoms with Crippen molar-refractivity contribution in [1.82, 2.24) is 14.8 Å². The minimum absolute atomic E-state index is 0.169. The molecule has 3 rings (SSSR count). The average molecular weight is 285 g/mol. The van der Waals surface area contributed by atoms with E-state index in [0.29, 0.717) is 6.04 Å². The molecule has 1 aliphatic rings. The highest BCUT2D eigenvalue weighted by atomic mass is 16.1. The van der Waals surface area contributed by atoms with E-state index in [1.165, 1.54) is 19.3 Å². The fourth-order valence-corrected chi connectivity index (χ4v) is 3.32. The Morgan fingerprint density at radius 1 is 1.33 bits per heavy atom. The van der Waals surface area contributed by atoms with Crippen molar-refractivity contribution < 1.29 is 0 Å². The first-order chi connectivity index (χ1) is 10.3. The van der Waals surface area contributed by atoms with Crippen LogP contribution in [0.5, 0.6) is 0 Å². The van der Waals surface area contributed by atoms with Gasteiger partial charge >= 0.3 is 0 Å². The van der Waals surface area contributed by atoms with Crippen molar-refractivity contribution in [3.8, 4) is 11.3 Å². The van der Waals surface area contributed by atoms with Crippen molar-refractivity contribution >= 4 is 0 Å². The molecule has 0 unspecified atom stereocenters. The molecule has 1 N–H and O–H groups in total. The number of hydrogen-bond donors (Lipinski definition) is 1. The van der Waals surface area contributed by atoms with Gasteiger partial charge in [-0.25, -0.2) is 4.68 Å². The van der Waals surface area contributed by atoms with Gasteiger partial charge in [-0.2, -0.15) is 0 Å². The van der Waals surface area contributed by atoms with Gasteiger partial charge in [-0.05, 0) is 31.4 Å². The second-order valence-corrected chi connectivity index (χ2v) is 5.92. The van der Waals surface area contributed by atoms with Crippen LogP contribution in [0.25, 0.3) is 11.3 Å². The number of pyridine rings is 1. The van der Waals surface area contributed by atoms with E-state index in [0.717, 1.165) is 42.5 Å². The minimum atomic E-state index is 0.169. The van der Waals surface area contributed by atoms with Crippen LogP contribution in [0.4, 0.5) is 0 Å². The molecule has 4 heteroatoms. The van der Waals surface area contributed by atoms with Crippen LogP contribution < -0.4 is 5.56 Å². The zero-order valence-corrected chi connectivity index (χ0v) is 12.6. The Hall–Kier alpha value is -1.84. The summed E-state index contributed by atoms with van der Waals surface area (Å²) in [7, 11) is 0. The molecule has 1 saturated carbocycles. The third kappa shape index (κ3) is 2.80. The summed E-state index contributed by atoms with van der Waals surface area (Å²) >= 11 is 0. The summed E-state index contributed by atoms with van der Waals surface area (Å²) in [6.07, 6.45) is 11.3. The van der Waals surface area contributed by atoms with Crippen LogP contribution in [0.15, 0.2) is 29.3 Å². The molecular weight excluding hydrogens is 262 g/mol. The molecule has 112 valence electrons. The quantitative estimate of drug-likeness (QED) is 0.931.